The van der Waals surface area contributed by atoms with Crippen LogP contribution >= 0.6 is 0 Å². The first kappa shape index (κ1) is 26.4. The molecule has 0 aromatic heterocycles. The maximum atomic E-state index is 12.6. The minimum Gasteiger partial charge on any atom is -0.497 e. The van der Waals surface area contributed by atoms with E-state index in [0.717, 1.165) is 5.56 Å². The Bertz CT molecular complexity index is 947. The number of ether oxygens (including phenoxy) is 2. The summed E-state index contributed by atoms with van der Waals surface area (Å²) in [4.78, 5) is 48.6. The number of hydrogen-bond donors (Lipinski definition) is 3. The van der Waals surface area contributed by atoms with Gasteiger partial charge in [-0.25, -0.2) is 0 Å². The van der Waals surface area contributed by atoms with Crippen molar-refractivity contribution in [2.45, 2.75) is 31.7 Å². The molecule has 0 aliphatic heterocycles. The summed E-state index contributed by atoms with van der Waals surface area (Å²) in [6.45, 7) is 0.428. The van der Waals surface area contributed by atoms with E-state index in [9.17, 15) is 19.2 Å². The van der Waals surface area contributed by atoms with Gasteiger partial charge in [-0.3, -0.25) is 19.2 Å². The zero-order valence-electron chi connectivity index (χ0n) is 19.5. The van der Waals surface area contributed by atoms with Gasteiger partial charge in [-0.05, 0) is 36.2 Å². The van der Waals surface area contributed by atoms with Crippen molar-refractivity contribution in [3.05, 3.63) is 65.7 Å². The van der Waals surface area contributed by atoms with Crippen LogP contribution in [0.5, 0.6) is 5.75 Å². The Kier molecular flexibility index (Phi) is 11.1. The Morgan fingerprint density at radius 1 is 0.853 bits per heavy atom. The van der Waals surface area contributed by atoms with E-state index in [4.69, 9.17) is 4.74 Å². The third-order valence-corrected chi connectivity index (χ3v) is 5.01. The molecule has 0 saturated heterocycles. The summed E-state index contributed by atoms with van der Waals surface area (Å²) in [5, 5.41) is 8.19. The molecule has 0 saturated carbocycles. The van der Waals surface area contributed by atoms with Crippen molar-refractivity contribution >= 4 is 23.7 Å². The lowest BCUT2D eigenvalue weighted by molar-refractivity contribution is -0.140. The number of hydrogen-bond acceptors (Lipinski definition) is 6. The molecule has 0 fully saturated rings. The maximum absolute atomic E-state index is 12.6. The largest absolute Gasteiger partial charge is 0.497 e. The van der Waals surface area contributed by atoms with Crippen LogP contribution < -0.4 is 20.7 Å². The molecule has 9 nitrogen and oxygen atoms in total. The number of amides is 3. The van der Waals surface area contributed by atoms with E-state index in [1.54, 1.807) is 31.4 Å². The van der Waals surface area contributed by atoms with E-state index in [-0.39, 0.29) is 37.1 Å². The van der Waals surface area contributed by atoms with Gasteiger partial charge in [0.05, 0.1) is 20.6 Å². The van der Waals surface area contributed by atoms with Crippen molar-refractivity contribution in [2.75, 3.05) is 27.3 Å². The van der Waals surface area contributed by atoms with E-state index in [1.807, 2.05) is 30.3 Å². The van der Waals surface area contributed by atoms with Gasteiger partial charge in [0.2, 0.25) is 11.8 Å². The fraction of sp³-hybridized carbons (Fsp3) is 0.360. The van der Waals surface area contributed by atoms with Gasteiger partial charge in [-0.15, -0.1) is 0 Å². The van der Waals surface area contributed by atoms with Crippen molar-refractivity contribution in [1.82, 2.24) is 16.0 Å². The molecule has 2 aromatic rings. The van der Waals surface area contributed by atoms with Crippen LogP contribution in [0.3, 0.4) is 0 Å². The second kappa shape index (κ2) is 14.3. The lowest BCUT2D eigenvalue weighted by Gasteiger charge is -2.19. The minimum atomic E-state index is -0.790. The fourth-order valence-corrected chi connectivity index (χ4v) is 3.13. The van der Waals surface area contributed by atoms with Crippen molar-refractivity contribution in [2.24, 2.45) is 0 Å². The molecule has 0 spiro atoms. The van der Waals surface area contributed by atoms with E-state index in [0.29, 0.717) is 30.7 Å². The van der Waals surface area contributed by atoms with Gasteiger partial charge < -0.3 is 25.4 Å². The number of carbonyl (C=O) groups is 4. The van der Waals surface area contributed by atoms with Gasteiger partial charge in [0.25, 0.3) is 5.91 Å². The average molecular weight is 470 g/mol. The van der Waals surface area contributed by atoms with Crippen LogP contribution in [0.1, 0.15) is 35.2 Å². The van der Waals surface area contributed by atoms with E-state index >= 15 is 0 Å². The van der Waals surface area contributed by atoms with Crippen molar-refractivity contribution < 1.29 is 28.7 Å². The van der Waals surface area contributed by atoms with Crippen LogP contribution in [0, 0.1) is 0 Å². The number of benzene rings is 2. The lowest BCUT2D eigenvalue weighted by Crippen LogP contribution is -2.48. The molecular formula is C25H31N3O6. The Morgan fingerprint density at radius 3 is 2.21 bits per heavy atom. The normalized spacial score (nSPS) is 11.1. The molecule has 0 bridgehead atoms. The highest BCUT2D eigenvalue weighted by Gasteiger charge is 2.21. The Morgan fingerprint density at radius 2 is 1.56 bits per heavy atom. The minimum absolute atomic E-state index is 0.0438. The molecule has 0 aliphatic carbocycles. The van der Waals surface area contributed by atoms with Crippen LogP contribution in [0.2, 0.25) is 0 Å². The third-order valence-electron chi connectivity index (χ3n) is 5.01. The molecule has 182 valence electrons. The van der Waals surface area contributed by atoms with Crippen molar-refractivity contribution in [1.29, 1.82) is 0 Å². The topological polar surface area (TPSA) is 123 Å². The molecule has 2 rings (SSSR count). The number of rotatable bonds is 13. The summed E-state index contributed by atoms with van der Waals surface area (Å²) in [6, 6.07) is 15.3. The van der Waals surface area contributed by atoms with E-state index in [2.05, 4.69) is 20.7 Å². The smallest absolute Gasteiger partial charge is 0.307 e. The molecule has 0 heterocycles. The summed E-state index contributed by atoms with van der Waals surface area (Å²) in [7, 11) is 2.83. The molecule has 34 heavy (non-hydrogen) atoms. The SMILES string of the molecule is COC(=O)CCNC(=O)C(Cc1ccccc1)NC(=O)CCCNC(=O)c1ccc(OC)cc1. The Labute approximate surface area is 199 Å². The molecule has 0 radical (unpaired) electrons. The van der Waals surface area contributed by atoms with E-state index < -0.39 is 12.0 Å². The summed E-state index contributed by atoms with van der Waals surface area (Å²) < 4.78 is 9.64. The van der Waals surface area contributed by atoms with Gasteiger partial charge >= 0.3 is 5.97 Å². The van der Waals surface area contributed by atoms with Crippen LogP contribution in [0.15, 0.2) is 54.6 Å². The molecular weight excluding hydrogens is 438 g/mol. The highest BCUT2D eigenvalue weighted by molar-refractivity contribution is 5.94. The number of methoxy groups -OCH3 is 2. The zero-order valence-corrected chi connectivity index (χ0v) is 19.5. The molecule has 3 N–H and O–H groups in total. The molecule has 2 aromatic carbocycles. The van der Waals surface area contributed by atoms with Gasteiger partial charge in [0, 0.05) is 31.5 Å². The summed E-state index contributed by atoms with van der Waals surface area (Å²) in [6.07, 6.45) is 0.909. The summed E-state index contributed by atoms with van der Waals surface area (Å²) >= 11 is 0. The van der Waals surface area contributed by atoms with Crippen LogP contribution in [-0.2, 0) is 25.5 Å². The van der Waals surface area contributed by atoms with Crippen LogP contribution in [-0.4, -0.2) is 57.0 Å². The van der Waals surface area contributed by atoms with Gasteiger partial charge in [0.1, 0.15) is 11.8 Å². The van der Waals surface area contributed by atoms with Crippen LogP contribution in [0.25, 0.3) is 0 Å². The standard InChI is InChI=1S/C25H31N3O6/c1-33-20-12-10-19(11-13-20)24(31)26-15-6-9-22(29)28-21(17-18-7-4-3-5-8-18)25(32)27-16-14-23(30)34-2/h3-5,7-8,10-13,21H,6,9,14-17H2,1-2H3,(H,26,31)(H,27,32)(H,28,29). The Balaban J connectivity index is 1.82. The number of carbonyl (C=O) groups excluding carboxylic acids is 4. The van der Waals surface area contributed by atoms with Crippen molar-refractivity contribution in [3.63, 3.8) is 0 Å². The van der Waals surface area contributed by atoms with Gasteiger partial charge in [0.15, 0.2) is 0 Å². The lowest BCUT2D eigenvalue weighted by atomic mass is 10.0. The monoisotopic (exact) mass is 469 g/mol. The quantitative estimate of drug-likeness (QED) is 0.303. The number of esters is 1. The first-order chi connectivity index (χ1) is 16.4. The first-order valence-electron chi connectivity index (χ1n) is 11.0. The predicted molar refractivity (Wildman–Crippen MR) is 126 cm³/mol. The molecule has 3 amide bonds. The molecule has 1 unspecified atom stereocenters. The summed E-state index contributed by atoms with van der Waals surface area (Å²) in [5.41, 5.74) is 1.39. The predicted octanol–water partition coefficient (Wildman–Crippen LogP) is 1.61. The highest BCUT2D eigenvalue weighted by atomic mass is 16.5. The highest BCUT2D eigenvalue weighted by Crippen LogP contribution is 2.11. The van der Waals surface area contributed by atoms with Crippen molar-refractivity contribution in [3.8, 4) is 5.75 Å². The second-order valence-corrected chi connectivity index (χ2v) is 7.51. The van der Waals surface area contributed by atoms with Crippen LogP contribution in [0.4, 0.5) is 0 Å². The second-order valence-electron chi connectivity index (χ2n) is 7.51. The first-order valence-corrected chi connectivity index (χ1v) is 11.0. The third kappa shape index (κ3) is 9.32. The van der Waals surface area contributed by atoms with E-state index in [1.165, 1.54) is 7.11 Å². The number of nitrogens with one attached hydrogen (secondary N) is 3. The molecule has 9 heteroatoms. The van der Waals surface area contributed by atoms with Gasteiger partial charge in [-0.2, -0.15) is 0 Å². The molecule has 0 aliphatic rings. The Hall–Kier alpha value is -3.88. The van der Waals surface area contributed by atoms with Gasteiger partial charge in [-0.1, -0.05) is 30.3 Å². The maximum Gasteiger partial charge on any atom is 0.307 e. The zero-order chi connectivity index (χ0) is 24.8. The molecule has 1 atom stereocenters. The summed E-state index contributed by atoms with van der Waals surface area (Å²) in [5.74, 6) is -0.695. The fourth-order valence-electron chi connectivity index (χ4n) is 3.13. The average Bonchev–Trinajstić information content (AvgIpc) is 2.86.